The maximum Gasteiger partial charge on any atom is 0.262 e. The molecule has 0 radical (unpaired) electrons. The lowest BCUT2D eigenvalue weighted by atomic mass is 10.1. The second-order valence-electron chi connectivity index (χ2n) is 4.93. The van der Waals surface area contributed by atoms with Crippen LogP contribution in [0.3, 0.4) is 0 Å². The molecular formula is C17H15NO. The highest BCUT2D eigenvalue weighted by Gasteiger charge is 2.11. The Morgan fingerprint density at radius 1 is 0.947 bits per heavy atom. The van der Waals surface area contributed by atoms with Crippen LogP contribution in [-0.2, 0) is 0 Å². The van der Waals surface area contributed by atoms with E-state index in [1.807, 2.05) is 62.5 Å². The molecule has 3 aromatic rings. The van der Waals surface area contributed by atoms with Crippen LogP contribution >= 0.6 is 0 Å². The van der Waals surface area contributed by atoms with Gasteiger partial charge in [-0.1, -0.05) is 35.4 Å². The minimum absolute atomic E-state index is 0.0213. The Labute approximate surface area is 112 Å². The topological polar surface area (TPSA) is 22.0 Å². The van der Waals surface area contributed by atoms with Gasteiger partial charge in [0.1, 0.15) is 0 Å². The first kappa shape index (κ1) is 11.7. The van der Waals surface area contributed by atoms with Crippen molar-refractivity contribution in [2.75, 3.05) is 0 Å². The van der Waals surface area contributed by atoms with Gasteiger partial charge < -0.3 is 0 Å². The van der Waals surface area contributed by atoms with Crippen LogP contribution in [0.5, 0.6) is 0 Å². The summed E-state index contributed by atoms with van der Waals surface area (Å²) in [4.78, 5) is 12.6. The smallest absolute Gasteiger partial charge is 0.262 e. The maximum atomic E-state index is 12.6. The number of hydrogen-bond donors (Lipinski definition) is 0. The third kappa shape index (κ3) is 2.06. The fraction of sp³-hybridized carbons (Fsp3) is 0.118. The largest absolute Gasteiger partial charge is 0.283 e. The summed E-state index contributed by atoms with van der Waals surface area (Å²) in [5.41, 5.74) is 3.91. The van der Waals surface area contributed by atoms with Gasteiger partial charge in [0.2, 0.25) is 0 Å². The molecule has 0 atom stereocenters. The number of hydrogen-bond acceptors (Lipinski definition) is 1. The van der Waals surface area contributed by atoms with Gasteiger partial charge in [-0.15, -0.1) is 0 Å². The lowest BCUT2D eigenvalue weighted by Gasteiger charge is -2.06. The Morgan fingerprint density at radius 2 is 1.63 bits per heavy atom. The fourth-order valence-corrected chi connectivity index (χ4v) is 2.50. The lowest BCUT2D eigenvalue weighted by Crippen LogP contribution is -2.11. The zero-order chi connectivity index (χ0) is 13.4. The average Bonchev–Trinajstić information content (AvgIpc) is 2.80. The molecule has 1 aromatic heterocycles. The molecule has 0 aliphatic carbocycles. The standard InChI is InChI=1S/C17H15NO/c1-12-9-13(2)11-15(10-12)17(19)18-8-7-14-5-3-4-6-16(14)18/h3-11H,1-2H3. The van der Waals surface area contributed by atoms with Gasteiger partial charge in [-0.25, -0.2) is 0 Å². The SMILES string of the molecule is Cc1cc(C)cc(C(=O)n2ccc3ccccc32)c1. The highest BCUT2D eigenvalue weighted by Crippen LogP contribution is 2.18. The minimum atomic E-state index is 0.0213. The molecule has 2 aromatic carbocycles. The fourth-order valence-electron chi connectivity index (χ4n) is 2.50. The van der Waals surface area contributed by atoms with Gasteiger partial charge in [0.15, 0.2) is 0 Å². The molecule has 94 valence electrons. The number of rotatable bonds is 1. The summed E-state index contributed by atoms with van der Waals surface area (Å²) in [5, 5.41) is 1.08. The molecule has 1 heterocycles. The van der Waals surface area contributed by atoms with E-state index in [9.17, 15) is 4.79 Å². The van der Waals surface area contributed by atoms with Crippen LogP contribution in [0, 0.1) is 13.8 Å². The van der Waals surface area contributed by atoms with E-state index >= 15 is 0 Å². The van der Waals surface area contributed by atoms with Crippen LogP contribution in [0.2, 0.25) is 0 Å². The van der Waals surface area contributed by atoms with E-state index in [4.69, 9.17) is 0 Å². The van der Waals surface area contributed by atoms with E-state index in [1.54, 1.807) is 4.57 Å². The molecule has 0 spiro atoms. The number of fused-ring (bicyclic) bond motifs is 1. The van der Waals surface area contributed by atoms with Gasteiger partial charge in [-0.2, -0.15) is 0 Å². The molecule has 3 rings (SSSR count). The Morgan fingerprint density at radius 3 is 2.37 bits per heavy atom. The van der Waals surface area contributed by atoms with Gasteiger partial charge >= 0.3 is 0 Å². The van der Waals surface area contributed by atoms with Crippen molar-refractivity contribution in [3.8, 4) is 0 Å². The normalized spacial score (nSPS) is 10.8. The lowest BCUT2D eigenvalue weighted by molar-refractivity contribution is 0.0965. The molecule has 0 bridgehead atoms. The summed E-state index contributed by atoms with van der Waals surface area (Å²) in [5.74, 6) is 0.0213. The Balaban J connectivity index is 2.13. The van der Waals surface area contributed by atoms with Crippen molar-refractivity contribution < 1.29 is 4.79 Å². The van der Waals surface area contributed by atoms with Gasteiger partial charge in [0.05, 0.1) is 5.52 Å². The third-order valence-electron chi connectivity index (χ3n) is 3.29. The molecule has 0 N–H and O–H groups in total. The van der Waals surface area contributed by atoms with Gasteiger partial charge in [0.25, 0.3) is 5.91 Å². The molecule has 0 saturated carbocycles. The monoisotopic (exact) mass is 249 g/mol. The first-order valence-electron chi connectivity index (χ1n) is 6.34. The number of para-hydroxylation sites is 1. The number of carbonyl (C=O) groups excluding carboxylic acids is 1. The number of carbonyl (C=O) groups is 1. The van der Waals surface area contributed by atoms with Crippen molar-refractivity contribution in [1.29, 1.82) is 0 Å². The van der Waals surface area contributed by atoms with Crippen LogP contribution in [0.25, 0.3) is 10.9 Å². The van der Waals surface area contributed by atoms with E-state index < -0.39 is 0 Å². The predicted octanol–water partition coefficient (Wildman–Crippen LogP) is 3.95. The first-order chi connectivity index (χ1) is 9.15. The number of aromatic nitrogens is 1. The summed E-state index contributed by atoms with van der Waals surface area (Å²) < 4.78 is 1.71. The number of nitrogens with zero attached hydrogens (tertiary/aromatic N) is 1. The first-order valence-corrected chi connectivity index (χ1v) is 6.34. The zero-order valence-electron chi connectivity index (χ0n) is 11.1. The van der Waals surface area contributed by atoms with Crippen molar-refractivity contribution in [2.45, 2.75) is 13.8 Å². The predicted molar refractivity (Wildman–Crippen MR) is 77.6 cm³/mol. The molecule has 2 heteroatoms. The molecule has 0 fully saturated rings. The van der Waals surface area contributed by atoms with Crippen LogP contribution in [0.4, 0.5) is 0 Å². The van der Waals surface area contributed by atoms with Crippen molar-refractivity contribution in [3.63, 3.8) is 0 Å². The Bertz CT molecular complexity index is 748. The molecule has 0 aliphatic rings. The van der Waals surface area contributed by atoms with Crippen LogP contribution in [0.1, 0.15) is 21.5 Å². The van der Waals surface area contributed by atoms with E-state index in [0.29, 0.717) is 0 Å². The molecule has 2 nitrogen and oxygen atoms in total. The van der Waals surface area contributed by atoms with E-state index in [-0.39, 0.29) is 5.91 Å². The van der Waals surface area contributed by atoms with Crippen molar-refractivity contribution >= 4 is 16.8 Å². The van der Waals surface area contributed by atoms with Crippen LogP contribution in [0.15, 0.2) is 54.7 Å². The van der Waals surface area contributed by atoms with Gasteiger partial charge in [-0.05, 0) is 38.1 Å². The highest BCUT2D eigenvalue weighted by molar-refractivity contribution is 6.02. The second-order valence-corrected chi connectivity index (χ2v) is 4.93. The summed E-state index contributed by atoms with van der Waals surface area (Å²) >= 11 is 0. The second kappa shape index (κ2) is 4.39. The number of aryl methyl sites for hydroxylation is 2. The molecule has 0 amide bonds. The van der Waals surface area contributed by atoms with Crippen LogP contribution < -0.4 is 0 Å². The van der Waals surface area contributed by atoms with Crippen molar-refractivity contribution in [3.05, 3.63) is 71.4 Å². The third-order valence-corrected chi connectivity index (χ3v) is 3.29. The van der Waals surface area contributed by atoms with E-state index in [2.05, 4.69) is 6.07 Å². The molecular weight excluding hydrogens is 234 g/mol. The summed E-state index contributed by atoms with van der Waals surface area (Å²) in [6, 6.07) is 15.8. The van der Waals surface area contributed by atoms with Gasteiger partial charge in [-0.3, -0.25) is 9.36 Å². The average molecular weight is 249 g/mol. The maximum absolute atomic E-state index is 12.6. The van der Waals surface area contributed by atoms with E-state index in [0.717, 1.165) is 27.6 Å². The minimum Gasteiger partial charge on any atom is -0.283 e. The van der Waals surface area contributed by atoms with Crippen molar-refractivity contribution in [2.24, 2.45) is 0 Å². The number of benzene rings is 2. The van der Waals surface area contributed by atoms with Crippen LogP contribution in [-0.4, -0.2) is 10.5 Å². The molecule has 0 saturated heterocycles. The van der Waals surface area contributed by atoms with E-state index in [1.165, 1.54) is 0 Å². The van der Waals surface area contributed by atoms with Crippen molar-refractivity contribution in [1.82, 2.24) is 4.57 Å². The summed E-state index contributed by atoms with van der Waals surface area (Å²) in [6.45, 7) is 4.02. The summed E-state index contributed by atoms with van der Waals surface area (Å²) in [7, 11) is 0. The zero-order valence-corrected chi connectivity index (χ0v) is 11.1. The van der Waals surface area contributed by atoms with Gasteiger partial charge in [0, 0.05) is 17.1 Å². The quantitative estimate of drug-likeness (QED) is 0.640. The molecule has 19 heavy (non-hydrogen) atoms. The molecule has 0 unspecified atom stereocenters. The molecule has 0 aliphatic heterocycles. The summed E-state index contributed by atoms with van der Waals surface area (Å²) in [6.07, 6.45) is 1.84. The highest BCUT2D eigenvalue weighted by atomic mass is 16.2. The Kier molecular flexibility index (Phi) is 2.71. The Hall–Kier alpha value is -2.35.